The monoisotopic (exact) mass is 370 g/mol. The molecule has 0 radical (unpaired) electrons. The van der Waals surface area contributed by atoms with Crippen LogP contribution in [0.5, 0.6) is 11.5 Å². The van der Waals surface area contributed by atoms with Crippen molar-refractivity contribution in [3.63, 3.8) is 0 Å². The smallest absolute Gasteiger partial charge is 0.308 e. The van der Waals surface area contributed by atoms with Gasteiger partial charge in [0, 0.05) is 38.2 Å². The molecule has 142 valence electrons. The lowest BCUT2D eigenvalue weighted by molar-refractivity contribution is -0.917. The number of rotatable bonds is 2. The van der Waals surface area contributed by atoms with Crippen LogP contribution in [0, 0.1) is 5.92 Å². The summed E-state index contributed by atoms with van der Waals surface area (Å²) in [5.74, 6) is 0.774. The molecule has 1 unspecified atom stereocenters. The predicted octanol–water partition coefficient (Wildman–Crippen LogP) is 0.572. The predicted molar refractivity (Wildman–Crippen MR) is 95.9 cm³/mol. The van der Waals surface area contributed by atoms with E-state index in [1.807, 2.05) is 12.1 Å². The Morgan fingerprint density at radius 3 is 2.78 bits per heavy atom. The van der Waals surface area contributed by atoms with Crippen molar-refractivity contribution in [2.75, 3.05) is 13.6 Å². The Balaban J connectivity index is 1.71. The molecule has 27 heavy (non-hydrogen) atoms. The first-order chi connectivity index (χ1) is 12.9. The molecule has 1 fully saturated rings. The molecule has 5 rings (SSSR count). The third kappa shape index (κ3) is 2.16. The van der Waals surface area contributed by atoms with Crippen LogP contribution in [0.2, 0.25) is 0 Å². The number of likely N-dealkylation sites (tertiary alicyclic amines) is 1. The van der Waals surface area contributed by atoms with E-state index in [2.05, 4.69) is 19.2 Å². The summed E-state index contributed by atoms with van der Waals surface area (Å²) in [5.41, 5.74) is 2.21. The molecular weight excluding hydrogens is 346 g/mol. The molecule has 2 heterocycles. The van der Waals surface area contributed by atoms with E-state index in [0.29, 0.717) is 23.5 Å². The number of carbonyl (C=O) groups excluding carboxylic acids is 2. The van der Waals surface area contributed by atoms with Gasteiger partial charge in [0.1, 0.15) is 0 Å². The van der Waals surface area contributed by atoms with Crippen molar-refractivity contribution in [2.45, 2.75) is 50.4 Å². The van der Waals surface area contributed by atoms with Crippen molar-refractivity contribution in [2.24, 2.45) is 5.92 Å². The lowest BCUT2D eigenvalue weighted by atomic mass is 9.53. The molecule has 2 aliphatic heterocycles. The fourth-order valence-electron chi connectivity index (χ4n) is 5.88. The fraction of sp³-hybridized carbons (Fsp3) is 0.524. The van der Waals surface area contributed by atoms with E-state index in [0.717, 1.165) is 19.4 Å². The van der Waals surface area contributed by atoms with Crippen LogP contribution in [0.25, 0.3) is 0 Å². The highest BCUT2D eigenvalue weighted by Crippen LogP contribution is 2.61. The maximum absolute atomic E-state index is 11.7. The van der Waals surface area contributed by atoms with E-state index in [1.54, 1.807) is 0 Å². The largest absolute Gasteiger partial charge is 0.481 e. The summed E-state index contributed by atoms with van der Waals surface area (Å²) in [6.07, 6.45) is 5.44. The van der Waals surface area contributed by atoms with Gasteiger partial charge in [-0.2, -0.15) is 0 Å². The molecule has 1 aromatic rings. The molecule has 6 atom stereocenters. The second kappa shape index (κ2) is 5.58. The van der Waals surface area contributed by atoms with Crippen molar-refractivity contribution in [3.8, 4) is 11.5 Å². The van der Waals surface area contributed by atoms with E-state index in [1.165, 1.54) is 29.9 Å². The van der Waals surface area contributed by atoms with Crippen molar-refractivity contribution in [3.05, 3.63) is 35.4 Å². The zero-order valence-electron chi connectivity index (χ0n) is 15.8. The molecule has 1 saturated heterocycles. The second-order valence-corrected chi connectivity index (χ2v) is 8.24. The molecule has 0 saturated carbocycles. The second-order valence-electron chi connectivity index (χ2n) is 8.24. The third-order valence-electron chi connectivity index (χ3n) is 6.82. The van der Waals surface area contributed by atoms with E-state index in [-0.39, 0.29) is 23.5 Å². The Morgan fingerprint density at radius 2 is 2.04 bits per heavy atom. The number of carbonyl (C=O) groups is 2. The van der Waals surface area contributed by atoms with Gasteiger partial charge in [0.2, 0.25) is 0 Å². The average molecular weight is 370 g/mol. The van der Waals surface area contributed by atoms with Crippen molar-refractivity contribution < 1.29 is 28.7 Å². The van der Waals surface area contributed by atoms with Crippen LogP contribution < -0.4 is 14.4 Å². The average Bonchev–Trinajstić information content (AvgIpc) is 2.95. The van der Waals surface area contributed by atoms with Crippen molar-refractivity contribution in [1.29, 1.82) is 0 Å². The van der Waals surface area contributed by atoms with Crippen LogP contribution >= 0.6 is 0 Å². The molecule has 6 heteroatoms. The van der Waals surface area contributed by atoms with Crippen LogP contribution in [0.3, 0.4) is 0 Å². The first-order valence-corrected chi connectivity index (χ1v) is 9.61. The number of hydrogen-bond donors (Lipinski definition) is 1. The lowest BCUT2D eigenvalue weighted by Crippen LogP contribution is -3.16. The van der Waals surface area contributed by atoms with Gasteiger partial charge in [-0.3, -0.25) is 9.59 Å². The van der Waals surface area contributed by atoms with E-state index >= 15 is 0 Å². The highest BCUT2D eigenvalue weighted by atomic mass is 16.6. The van der Waals surface area contributed by atoms with Gasteiger partial charge in [0.15, 0.2) is 23.7 Å². The Bertz CT molecular complexity index is 878. The molecule has 0 aromatic heterocycles. The molecular formula is C21H24NO5+. The molecule has 1 N–H and O–H groups in total. The highest BCUT2D eigenvalue weighted by Gasteiger charge is 2.66. The zero-order chi connectivity index (χ0) is 18.9. The summed E-state index contributed by atoms with van der Waals surface area (Å²) < 4.78 is 17.5. The van der Waals surface area contributed by atoms with Gasteiger partial charge in [0.25, 0.3) is 0 Å². The minimum Gasteiger partial charge on any atom is -0.481 e. The van der Waals surface area contributed by atoms with Crippen LogP contribution in [0.4, 0.5) is 0 Å². The van der Waals surface area contributed by atoms with Crippen LogP contribution in [0.15, 0.2) is 24.3 Å². The normalized spacial score (nSPS) is 37.2. The molecule has 1 aromatic carbocycles. The number of hydrogen-bond acceptors (Lipinski definition) is 5. The number of ether oxygens (including phenoxy) is 3. The Morgan fingerprint density at radius 1 is 1.22 bits per heavy atom. The van der Waals surface area contributed by atoms with Crippen LogP contribution in [-0.2, 0) is 26.2 Å². The summed E-state index contributed by atoms with van der Waals surface area (Å²) in [6.45, 7) is 3.86. The van der Waals surface area contributed by atoms with Gasteiger partial charge in [-0.05, 0) is 17.7 Å². The summed E-state index contributed by atoms with van der Waals surface area (Å²) >= 11 is 0. The minimum atomic E-state index is -0.429. The van der Waals surface area contributed by atoms with Crippen LogP contribution in [0.1, 0.15) is 31.4 Å². The van der Waals surface area contributed by atoms with Gasteiger partial charge >= 0.3 is 11.9 Å². The quantitative estimate of drug-likeness (QED) is 0.469. The summed E-state index contributed by atoms with van der Waals surface area (Å²) in [5, 5.41) is 0. The number of nitrogens with one attached hydrogen (secondary N) is 1. The number of benzene rings is 1. The van der Waals surface area contributed by atoms with Gasteiger partial charge in [0.05, 0.1) is 25.0 Å². The first kappa shape index (κ1) is 16.8. The number of quaternary nitrogens is 1. The first-order valence-electron chi connectivity index (χ1n) is 9.61. The Labute approximate surface area is 158 Å². The number of piperidine rings is 1. The summed E-state index contributed by atoms with van der Waals surface area (Å²) in [4.78, 5) is 24.8. The van der Waals surface area contributed by atoms with Crippen molar-refractivity contribution in [1.82, 2.24) is 0 Å². The van der Waals surface area contributed by atoms with Crippen LogP contribution in [-0.4, -0.2) is 43.8 Å². The molecule has 0 amide bonds. The van der Waals surface area contributed by atoms with E-state index < -0.39 is 6.10 Å². The SMILES string of the molecule is CC(=O)Oc1ccc2c3c1O[C@H]1[C@@H](OC(C)=O)C=C[C@H]4[C@@H](C2)[NH+](C)CC[C@@]341. The maximum atomic E-state index is 11.7. The summed E-state index contributed by atoms with van der Waals surface area (Å²) in [6, 6.07) is 4.38. The molecule has 6 nitrogen and oxygen atoms in total. The Hall–Kier alpha value is -2.34. The fourth-order valence-corrected chi connectivity index (χ4v) is 5.88. The Kier molecular flexibility index (Phi) is 3.47. The number of esters is 2. The van der Waals surface area contributed by atoms with Gasteiger partial charge in [-0.1, -0.05) is 12.1 Å². The van der Waals surface area contributed by atoms with Gasteiger partial charge in [-0.25, -0.2) is 0 Å². The highest BCUT2D eigenvalue weighted by molar-refractivity contribution is 5.72. The summed E-state index contributed by atoms with van der Waals surface area (Å²) in [7, 11) is 2.26. The molecule has 1 spiro atoms. The minimum absolute atomic E-state index is 0.224. The standard InChI is InChI=1S/C21H23NO5/c1-11(23)25-16-6-4-13-10-15-14-5-7-17(26-12(2)24)20-21(14,8-9-22(15)3)18(13)19(16)27-20/h4-7,14-15,17,20H,8-10H2,1-3H3/p+1/t14-,15+,17-,20-,21-/m0/s1. The van der Waals surface area contributed by atoms with Crippen molar-refractivity contribution >= 4 is 11.9 Å². The van der Waals surface area contributed by atoms with E-state index in [4.69, 9.17) is 14.2 Å². The van der Waals surface area contributed by atoms with Gasteiger partial charge < -0.3 is 19.1 Å². The molecule has 4 aliphatic rings. The zero-order valence-corrected chi connectivity index (χ0v) is 15.8. The lowest BCUT2D eigenvalue weighted by Gasteiger charge is -2.54. The molecule has 2 aliphatic carbocycles. The van der Waals surface area contributed by atoms with E-state index in [9.17, 15) is 9.59 Å². The topological polar surface area (TPSA) is 66.3 Å². The maximum Gasteiger partial charge on any atom is 0.308 e. The third-order valence-corrected chi connectivity index (χ3v) is 6.82. The number of likely N-dealkylation sites (N-methyl/N-ethyl adjacent to an activating group) is 1. The van der Waals surface area contributed by atoms with Gasteiger partial charge in [-0.15, -0.1) is 0 Å². The molecule has 2 bridgehead atoms.